The molecule has 6 nitrogen and oxygen atoms in total. The Morgan fingerprint density at radius 2 is 1.57 bits per heavy atom. The van der Waals surface area contributed by atoms with Gasteiger partial charge in [0.15, 0.2) is 23.1 Å². The molecule has 2 aromatic rings. The maximum absolute atomic E-state index is 13.6. The van der Waals surface area contributed by atoms with Crippen LogP contribution < -0.4 is 9.47 Å². The molecule has 2 aromatic carbocycles. The molecule has 0 saturated carbocycles. The average Bonchev–Trinajstić information content (AvgIpc) is 2.94. The molecule has 0 aromatic heterocycles. The van der Waals surface area contributed by atoms with Gasteiger partial charge in [-0.1, -0.05) is 18.2 Å². The number of halogens is 1. The van der Waals surface area contributed by atoms with Crippen LogP contribution in [0, 0.1) is 13.8 Å². The third kappa shape index (κ3) is 5.51. The van der Waals surface area contributed by atoms with E-state index in [0.717, 1.165) is 76.8 Å². The second kappa shape index (κ2) is 12.3. The SMILES string of the molecule is COCCCN1C2=C(C(=O)CCC2)C(c2cc(Br)c(OCc3ccc(C)c(C)c3)c(OC)c2)C2=C1CCCC2=O. The number of methoxy groups -OCH3 is 2. The van der Waals surface area contributed by atoms with Crippen LogP contribution in [0.5, 0.6) is 11.5 Å². The van der Waals surface area contributed by atoms with Crippen LogP contribution in [0.3, 0.4) is 0 Å². The van der Waals surface area contributed by atoms with Crippen molar-refractivity contribution in [1.82, 2.24) is 4.90 Å². The van der Waals surface area contributed by atoms with E-state index in [2.05, 4.69) is 52.9 Å². The van der Waals surface area contributed by atoms with Gasteiger partial charge in [0.2, 0.25) is 0 Å². The minimum Gasteiger partial charge on any atom is -0.493 e. The molecule has 40 heavy (non-hydrogen) atoms. The first-order chi connectivity index (χ1) is 19.3. The molecular formula is C33H38BrNO5. The molecule has 1 aliphatic heterocycles. The lowest BCUT2D eigenvalue weighted by atomic mass is 9.71. The summed E-state index contributed by atoms with van der Waals surface area (Å²) in [5.74, 6) is 1.06. The lowest BCUT2D eigenvalue weighted by Gasteiger charge is -2.44. The van der Waals surface area contributed by atoms with Gasteiger partial charge in [-0.05, 0) is 96.3 Å². The van der Waals surface area contributed by atoms with Crippen LogP contribution in [0.15, 0.2) is 57.3 Å². The Labute approximate surface area is 245 Å². The lowest BCUT2D eigenvalue weighted by molar-refractivity contribution is -0.117. The zero-order valence-corrected chi connectivity index (χ0v) is 25.5. The predicted molar refractivity (Wildman–Crippen MR) is 159 cm³/mol. The van der Waals surface area contributed by atoms with Crippen molar-refractivity contribution in [2.45, 2.75) is 71.3 Å². The van der Waals surface area contributed by atoms with Crippen molar-refractivity contribution >= 4 is 27.5 Å². The lowest BCUT2D eigenvalue weighted by Crippen LogP contribution is -2.39. The fraction of sp³-hybridized carbons (Fsp3) is 0.455. The minimum atomic E-state index is -0.400. The van der Waals surface area contributed by atoms with Crippen molar-refractivity contribution < 1.29 is 23.8 Å². The molecule has 0 spiro atoms. The van der Waals surface area contributed by atoms with Crippen molar-refractivity contribution in [3.05, 3.63) is 79.6 Å². The summed E-state index contributed by atoms with van der Waals surface area (Å²) < 4.78 is 18.1. The van der Waals surface area contributed by atoms with Gasteiger partial charge in [0, 0.05) is 61.6 Å². The number of ether oxygens (including phenoxy) is 3. The number of nitrogens with zero attached hydrogens (tertiary/aromatic N) is 1. The Morgan fingerprint density at radius 1 is 0.900 bits per heavy atom. The second-order valence-electron chi connectivity index (χ2n) is 10.9. The van der Waals surface area contributed by atoms with E-state index in [1.807, 2.05) is 12.1 Å². The van der Waals surface area contributed by atoms with E-state index >= 15 is 0 Å². The largest absolute Gasteiger partial charge is 0.493 e. The number of carbonyl (C=O) groups excluding carboxylic acids is 2. The summed E-state index contributed by atoms with van der Waals surface area (Å²) in [6, 6.07) is 10.3. The molecule has 0 unspecified atom stereocenters. The molecule has 2 aliphatic carbocycles. The Kier molecular flexibility index (Phi) is 8.81. The highest BCUT2D eigenvalue weighted by Gasteiger charge is 2.43. The summed E-state index contributed by atoms with van der Waals surface area (Å²) >= 11 is 3.73. The van der Waals surface area contributed by atoms with E-state index < -0.39 is 5.92 Å². The summed E-state index contributed by atoms with van der Waals surface area (Å²) in [5, 5.41) is 0. The van der Waals surface area contributed by atoms with Crippen LogP contribution in [0.2, 0.25) is 0 Å². The summed E-state index contributed by atoms with van der Waals surface area (Å²) in [5.41, 5.74) is 8.13. The molecule has 0 fully saturated rings. The van der Waals surface area contributed by atoms with E-state index in [0.29, 0.717) is 37.6 Å². The number of carbonyl (C=O) groups is 2. The highest BCUT2D eigenvalue weighted by atomic mass is 79.9. The van der Waals surface area contributed by atoms with E-state index in [9.17, 15) is 9.59 Å². The molecule has 0 saturated heterocycles. The number of benzene rings is 2. The number of aryl methyl sites for hydroxylation is 2. The fourth-order valence-electron chi connectivity index (χ4n) is 6.28. The van der Waals surface area contributed by atoms with Crippen molar-refractivity contribution in [3.63, 3.8) is 0 Å². The molecule has 0 radical (unpaired) electrons. The number of allylic oxidation sites excluding steroid dienone is 4. The van der Waals surface area contributed by atoms with Gasteiger partial charge >= 0.3 is 0 Å². The van der Waals surface area contributed by atoms with Crippen LogP contribution >= 0.6 is 15.9 Å². The average molecular weight is 609 g/mol. The number of Topliss-reactive ketones (excluding diaryl/α,β-unsaturated/α-hetero) is 2. The molecule has 0 bridgehead atoms. The summed E-state index contributed by atoms with van der Waals surface area (Å²) in [4.78, 5) is 29.4. The molecule has 0 amide bonds. The fourth-order valence-corrected chi connectivity index (χ4v) is 6.86. The topological polar surface area (TPSA) is 65.1 Å². The third-order valence-corrected chi connectivity index (χ3v) is 8.95. The molecular weight excluding hydrogens is 570 g/mol. The van der Waals surface area contributed by atoms with Gasteiger partial charge < -0.3 is 19.1 Å². The third-order valence-electron chi connectivity index (χ3n) is 8.36. The first-order valence-electron chi connectivity index (χ1n) is 14.2. The van der Waals surface area contributed by atoms with Crippen molar-refractivity contribution in [1.29, 1.82) is 0 Å². The van der Waals surface area contributed by atoms with Crippen molar-refractivity contribution in [2.24, 2.45) is 0 Å². The zero-order chi connectivity index (χ0) is 28.4. The number of ketones is 2. The maximum Gasteiger partial charge on any atom is 0.175 e. The molecule has 7 heteroatoms. The van der Waals surface area contributed by atoms with Gasteiger partial charge in [0.25, 0.3) is 0 Å². The van der Waals surface area contributed by atoms with Gasteiger partial charge in [-0.15, -0.1) is 0 Å². The normalized spacial score (nSPS) is 17.8. The molecule has 1 heterocycles. The van der Waals surface area contributed by atoms with Gasteiger partial charge in [-0.3, -0.25) is 9.59 Å². The maximum atomic E-state index is 13.6. The molecule has 5 rings (SSSR count). The van der Waals surface area contributed by atoms with Gasteiger partial charge in [0.1, 0.15) is 6.61 Å². The number of hydrogen-bond donors (Lipinski definition) is 0. The van der Waals surface area contributed by atoms with E-state index in [1.165, 1.54) is 11.1 Å². The Balaban J connectivity index is 1.56. The van der Waals surface area contributed by atoms with Crippen LogP contribution in [0.25, 0.3) is 0 Å². The quantitative estimate of drug-likeness (QED) is 0.283. The highest BCUT2D eigenvalue weighted by Crippen LogP contribution is 2.51. The van der Waals surface area contributed by atoms with E-state index in [4.69, 9.17) is 14.2 Å². The van der Waals surface area contributed by atoms with Gasteiger partial charge in [-0.2, -0.15) is 0 Å². The van der Waals surface area contributed by atoms with E-state index in [1.54, 1.807) is 14.2 Å². The molecule has 3 aliphatic rings. The minimum absolute atomic E-state index is 0.137. The molecule has 0 N–H and O–H groups in total. The predicted octanol–water partition coefficient (Wildman–Crippen LogP) is 7.10. The van der Waals surface area contributed by atoms with Crippen LogP contribution in [0.4, 0.5) is 0 Å². The summed E-state index contributed by atoms with van der Waals surface area (Å²) in [6.45, 7) is 5.98. The monoisotopic (exact) mass is 607 g/mol. The molecule has 0 atom stereocenters. The summed E-state index contributed by atoms with van der Waals surface area (Å²) in [7, 11) is 3.33. The van der Waals surface area contributed by atoms with Crippen LogP contribution in [-0.2, 0) is 20.9 Å². The zero-order valence-electron chi connectivity index (χ0n) is 23.9. The second-order valence-corrected chi connectivity index (χ2v) is 11.8. The summed E-state index contributed by atoms with van der Waals surface area (Å²) in [6.07, 6.45) is 5.19. The Hall–Kier alpha value is -2.90. The standard InChI is InChI=1S/C33H38BrNO5/c1-20-12-13-22(16-21(20)2)19-40-33-24(34)17-23(18-29(33)39-4)30-31-25(8-5-10-27(31)36)35(14-7-15-38-3)26-9-6-11-28(37)32(26)30/h12-13,16-18,30H,5-11,14-15,19H2,1-4H3. The van der Waals surface area contributed by atoms with Crippen LogP contribution in [-0.4, -0.2) is 43.8 Å². The van der Waals surface area contributed by atoms with Crippen molar-refractivity contribution in [3.8, 4) is 11.5 Å². The number of rotatable bonds is 9. The smallest absolute Gasteiger partial charge is 0.175 e. The van der Waals surface area contributed by atoms with Crippen molar-refractivity contribution in [2.75, 3.05) is 27.4 Å². The first kappa shape index (κ1) is 28.6. The van der Waals surface area contributed by atoms with Gasteiger partial charge in [0.05, 0.1) is 11.6 Å². The highest BCUT2D eigenvalue weighted by molar-refractivity contribution is 9.10. The number of hydrogen-bond acceptors (Lipinski definition) is 6. The Morgan fingerprint density at radius 3 is 2.17 bits per heavy atom. The van der Waals surface area contributed by atoms with Gasteiger partial charge in [-0.25, -0.2) is 0 Å². The first-order valence-corrected chi connectivity index (χ1v) is 15.0. The van der Waals surface area contributed by atoms with Crippen LogP contribution in [0.1, 0.15) is 73.1 Å². The Bertz CT molecular complexity index is 1350. The van der Waals surface area contributed by atoms with E-state index in [-0.39, 0.29) is 11.6 Å². The molecule has 212 valence electrons.